The van der Waals surface area contributed by atoms with Crippen molar-refractivity contribution in [2.75, 3.05) is 21.3 Å². The number of benzene rings is 2. The van der Waals surface area contributed by atoms with E-state index in [1.54, 1.807) is 33.4 Å². The van der Waals surface area contributed by atoms with Gasteiger partial charge in [0.1, 0.15) is 0 Å². The minimum Gasteiger partial charge on any atom is -0.493 e. The molecule has 1 aliphatic carbocycles. The summed E-state index contributed by atoms with van der Waals surface area (Å²) in [6, 6.07) is 11.0. The molecule has 1 saturated carbocycles. The van der Waals surface area contributed by atoms with E-state index in [0.717, 1.165) is 29.5 Å². The number of carbonyl (C=O) groups excluding carboxylic acids is 2. The first-order valence-electron chi connectivity index (χ1n) is 10.7. The highest BCUT2D eigenvalue weighted by molar-refractivity contribution is 6.15. The van der Waals surface area contributed by atoms with Crippen LogP contribution in [0.1, 0.15) is 46.8 Å². The van der Waals surface area contributed by atoms with Gasteiger partial charge >= 0.3 is 6.03 Å². The van der Waals surface area contributed by atoms with E-state index in [1.807, 2.05) is 31.2 Å². The van der Waals surface area contributed by atoms with Crippen LogP contribution in [0.15, 0.2) is 41.5 Å². The van der Waals surface area contributed by atoms with E-state index in [1.165, 1.54) is 5.01 Å². The number of fused-ring (bicyclic) bond motifs is 1. The molecule has 1 unspecified atom stereocenters. The summed E-state index contributed by atoms with van der Waals surface area (Å²) in [5.74, 6) is 1.13. The molecule has 0 spiro atoms. The molecule has 2 N–H and O–H groups in total. The van der Waals surface area contributed by atoms with Gasteiger partial charge in [-0.2, -0.15) is 5.10 Å². The maximum atomic E-state index is 12.6. The van der Waals surface area contributed by atoms with Crippen LogP contribution in [0.5, 0.6) is 11.5 Å². The van der Waals surface area contributed by atoms with Gasteiger partial charge in [0, 0.05) is 29.8 Å². The highest BCUT2D eigenvalue weighted by Crippen LogP contribution is 2.34. The summed E-state index contributed by atoms with van der Waals surface area (Å²) in [6.45, 7) is 1.95. The molecule has 0 radical (unpaired) electrons. The van der Waals surface area contributed by atoms with Crippen LogP contribution < -0.4 is 20.1 Å². The predicted molar refractivity (Wildman–Crippen MR) is 122 cm³/mol. The fraction of sp³-hybridized carbons (Fsp3) is 0.375. The number of nitrogens with one attached hydrogen (secondary N) is 2. The molecule has 0 bridgehead atoms. The van der Waals surface area contributed by atoms with E-state index in [0.29, 0.717) is 35.2 Å². The number of urea groups is 1. The highest BCUT2D eigenvalue weighted by atomic mass is 16.5. The quantitative estimate of drug-likeness (QED) is 0.754. The molecule has 8 heteroatoms. The Balaban J connectivity index is 1.79. The zero-order valence-electron chi connectivity index (χ0n) is 18.8. The van der Waals surface area contributed by atoms with Gasteiger partial charge in [0.15, 0.2) is 11.5 Å². The number of hydrazone groups is 1. The van der Waals surface area contributed by atoms with Gasteiger partial charge in [-0.25, -0.2) is 9.80 Å². The number of ether oxygens (including phenoxy) is 2. The van der Waals surface area contributed by atoms with E-state index in [-0.39, 0.29) is 18.0 Å². The number of rotatable bonds is 5. The molecule has 4 rings (SSSR count). The van der Waals surface area contributed by atoms with E-state index >= 15 is 0 Å². The predicted octanol–water partition coefficient (Wildman–Crippen LogP) is 2.93. The Morgan fingerprint density at radius 3 is 2.31 bits per heavy atom. The van der Waals surface area contributed by atoms with Crippen molar-refractivity contribution in [2.45, 2.75) is 38.3 Å². The summed E-state index contributed by atoms with van der Waals surface area (Å²) in [7, 11) is 4.77. The van der Waals surface area contributed by atoms with Crippen LogP contribution in [0.4, 0.5) is 4.79 Å². The van der Waals surface area contributed by atoms with Crippen molar-refractivity contribution in [3.8, 4) is 11.5 Å². The van der Waals surface area contributed by atoms with Crippen LogP contribution in [0.2, 0.25) is 0 Å². The van der Waals surface area contributed by atoms with Gasteiger partial charge in [0.25, 0.3) is 5.91 Å². The first-order valence-corrected chi connectivity index (χ1v) is 10.7. The van der Waals surface area contributed by atoms with E-state index in [9.17, 15) is 9.59 Å². The normalized spacial score (nSPS) is 17.6. The molecule has 1 aliphatic heterocycles. The van der Waals surface area contributed by atoms with E-state index in [2.05, 4.69) is 10.6 Å². The molecule has 2 aliphatic rings. The molecular weight excluding hydrogens is 408 g/mol. The Labute approximate surface area is 187 Å². The van der Waals surface area contributed by atoms with Crippen LogP contribution in [0.3, 0.4) is 0 Å². The van der Waals surface area contributed by atoms with Gasteiger partial charge in [0.05, 0.1) is 26.0 Å². The number of hydrogen-bond donors (Lipinski definition) is 2. The van der Waals surface area contributed by atoms with Crippen LogP contribution in [-0.2, 0) is 6.42 Å². The number of nitrogens with zero attached hydrogens (tertiary/aromatic N) is 2. The fourth-order valence-electron chi connectivity index (χ4n) is 3.82. The molecule has 0 saturated heterocycles. The summed E-state index contributed by atoms with van der Waals surface area (Å²) in [5.41, 5.74) is 3.87. The van der Waals surface area contributed by atoms with Gasteiger partial charge in [0.2, 0.25) is 0 Å². The summed E-state index contributed by atoms with van der Waals surface area (Å²) >= 11 is 0. The van der Waals surface area contributed by atoms with Gasteiger partial charge in [-0.15, -0.1) is 0 Å². The molecule has 8 nitrogen and oxygen atoms in total. The average Bonchev–Trinajstić information content (AvgIpc) is 3.64. The molecule has 2 aromatic carbocycles. The Kier molecular flexibility index (Phi) is 6.03. The van der Waals surface area contributed by atoms with Crippen molar-refractivity contribution in [1.82, 2.24) is 15.6 Å². The van der Waals surface area contributed by atoms with E-state index < -0.39 is 0 Å². The molecule has 1 atom stereocenters. The zero-order chi connectivity index (χ0) is 22.8. The average molecular weight is 437 g/mol. The minimum absolute atomic E-state index is 0.0747. The first-order chi connectivity index (χ1) is 15.4. The second-order valence-corrected chi connectivity index (χ2v) is 8.09. The molecule has 1 fully saturated rings. The summed E-state index contributed by atoms with van der Waals surface area (Å²) in [6.07, 6.45) is 2.67. The number of methoxy groups -OCH3 is 2. The lowest BCUT2D eigenvalue weighted by Gasteiger charge is -2.22. The standard InChI is InChI=1S/C24H28N4O4/c1-14-11-17-12-20(31-3)21(32-4)13-19(17)22(27-28(14)24(30)25-2)15-5-7-16(8-6-15)23(29)26-18-9-10-18/h5-8,12-14,18H,9-11H2,1-4H3,(H,25,30)(H,26,29). The molecular formula is C24H28N4O4. The Morgan fingerprint density at radius 1 is 1.06 bits per heavy atom. The van der Waals surface area contributed by atoms with Crippen molar-refractivity contribution in [1.29, 1.82) is 0 Å². The third-order valence-electron chi connectivity index (χ3n) is 5.76. The minimum atomic E-state index is -0.290. The summed E-state index contributed by atoms with van der Waals surface area (Å²) in [4.78, 5) is 24.9. The second-order valence-electron chi connectivity index (χ2n) is 8.09. The monoisotopic (exact) mass is 436 g/mol. The van der Waals surface area contributed by atoms with Crippen LogP contribution in [-0.4, -0.2) is 56.0 Å². The van der Waals surface area contributed by atoms with Gasteiger partial charge in [-0.05, 0) is 56.0 Å². The third-order valence-corrected chi connectivity index (χ3v) is 5.76. The van der Waals surface area contributed by atoms with Crippen LogP contribution in [0, 0.1) is 0 Å². The molecule has 1 heterocycles. The van der Waals surface area contributed by atoms with Gasteiger partial charge in [-0.1, -0.05) is 12.1 Å². The first kappa shape index (κ1) is 21.7. The fourth-order valence-corrected chi connectivity index (χ4v) is 3.82. The maximum Gasteiger partial charge on any atom is 0.337 e. The van der Waals surface area contributed by atoms with Crippen molar-refractivity contribution < 1.29 is 19.1 Å². The molecule has 2 aromatic rings. The Hall–Kier alpha value is -3.55. The summed E-state index contributed by atoms with van der Waals surface area (Å²) in [5, 5.41) is 11.9. The Morgan fingerprint density at radius 2 is 1.72 bits per heavy atom. The van der Waals surface area contributed by atoms with E-state index in [4.69, 9.17) is 14.6 Å². The lowest BCUT2D eigenvalue weighted by Crippen LogP contribution is -2.41. The maximum absolute atomic E-state index is 12.6. The van der Waals surface area contributed by atoms with Gasteiger partial charge in [-0.3, -0.25) is 4.79 Å². The SMILES string of the molecule is CNC(=O)N1N=C(c2ccc(C(=O)NC3CC3)cc2)c2cc(OC)c(OC)cc2CC1C. The van der Waals surface area contributed by atoms with Crippen molar-refractivity contribution in [2.24, 2.45) is 5.10 Å². The molecule has 3 amide bonds. The van der Waals surface area contributed by atoms with Crippen molar-refractivity contribution >= 4 is 17.6 Å². The lowest BCUT2D eigenvalue weighted by atomic mass is 9.93. The largest absolute Gasteiger partial charge is 0.493 e. The van der Waals surface area contributed by atoms with Gasteiger partial charge < -0.3 is 20.1 Å². The highest BCUT2D eigenvalue weighted by Gasteiger charge is 2.29. The van der Waals surface area contributed by atoms with Crippen LogP contribution >= 0.6 is 0 Å². The second kappa shape index (κ2) is 8.90. The number of amides is 3. The van der Waals surface area contributed by atoms with Crippen LogP contribution in [0.25, 0.3) is 0 Å². The smallest absolute Gasteiger partial charge is 0.337 e. The topological polar surface area (TPSA) is 92.3 Å². The van der Waals surface area contributed by atoms with Crippen molar-refractivity contribution in [3.05, 3.63) is 58.7 Å². The number of carbonyl (C=O) groups is 2. The zero-order valence-corrected chi connectivity index (χ0v) is 18.8. The third kappa shape index (κ3) is 4.26. The molecule has 0 aromatic heterocycles. The molecule has 32 heavy (non-hydrogen) atoms. The lowest BCUT2D eigenvalue weighted by molar-refractivity contribution is 0.0951. The Bertz CT molecular complexity index is 1060. The van der Waals surface area contributed by atoms with Crippen molar-refractivity contribution in [3.63, 3.8) is 0 Å². The summed E-state index contributed by atoms with van der Waals surface area (Å²) < 4.78 is 11.0. The number of hydrogen-bond acceptors (Lipinski definition) is 5. The molecule has 168 valence electrons.